The monoisotopic (exact) mass is 184 g/mol. The van der Waals surface area contributed by atoms with E-state index >= 15 is 0 Å². The van der Waals surface area contributed by atoms with Gasteiger partial charge in [0.05, 0.1) is 0 Å². The van der Waals surface area contributed by atoms with Crippen molar-refractivity contribution < 1.29 is 9.52 Å². The van der Waals surface area contributed by atoms with Crippen LogP contribution in [0.4, 0.5) is 0 Å². The third-order valence-electron chi connectivity index (χ3n) is 1.47. The molecule has 4 nitrogen and oxygen atoms in total. The number of fused-ring (bicyclic) bond motifs is 1. The number of halogens is 1. The fraction of sp³-hybridized carbons (Fsp3) is 0.143. The highest BCUT2D eigenvalue weighted by atomic mass is 35.5. The van der Waals surface area contributed by atoms with Crippen molar-refractivity contribution in [3.05, 3.63) is 23.3 Å². The predicted molar refractivity (Wildman–Crippen MR) is 42.7 cm³/mol. The number of rotatable bonds is 1. The number of nitrogens with zero attached hydrogens (tertiary/aromatic N) is 2. The SMILES string of the molecule is OCc1cc2ncnc(Cl)c2o1. The molecule has 12 heavy (non-hydrogen) atoms. The molecule has 2 heterocycles. The molecular formula is C7H5ClN2O2. The van der Waals surface area contributed by atoms with Crippen molar-refractivity contribution in [1.29, 1.82) is 0 Å². The first kappa shape index (κ1) is 7.52. The Morgan fingerprint density at radius 3 is 3.00 bits per heavy atom. The van der Waals surface area contributed by atoms with Gasteiger partial charge in [0.15, 0.2) is 10.7 Å². The van der Waals surface area contributed by atoms with Crippen molar-refractivity contribution >= 4 is 22.7 Å². The second-order valence-electron chi connectivity index (χ2n) is 2.25. The summed E-state index contributed by atoms with van der Waals surface area (Å²) in [6.45, 7) is -0.160. The Kier molecular flexibility index (Phi) is 1.71. The zero-order valence-electron chi connectivity index (χ0n) is 5.99. The Labute approximate surface area is 72.8 Å². The summed E-state index contributed by atoms with van der Waals surface area (Å²) in [6.07, 6.45) is 1.35. The number of aliphatic hydroxyl groups excluding tert-OH is 1. The lowest BCUT2D eigenvalue weighted by atomic mass is 10.4. The van der Waals surface area contributed by atoms with Crippen molar-refractivity contribution in [1.82, 2.24) is 9.97 Å². The average Bonchev–Trinajstić information content (AvgIpc) is 2.49. The molecule has 0 bridgehead atoms. The largest absolute Gasteiger partial charge is 0.454 e. The Morgan fingerprint density at radius 2 is 2.33 bits per heavy atom. The van der Waals surface area contributed by atoms with Crippen LogP contribution in [0.1, 0.15) is 5.76 Å². The smallest absolute Gasteiger partial charge is 0.190 e. The highest BCUT2D eigenvalue weighted by molar-refractivity contribution is 6.33. The van der Waals surface area contributed by atoms with E-state index in [-0.39, 0.29) is 11.8 Å². The van der Waals surface area contributed by atoms with E-state index in [0.29, 0.717) is 16.9 Å². The lowest BCUT2D eigenvalue weighted by Gasteiger charge is -1.87. The van der Waals surface area contributed by atoms with E-state index in [1.54, 1.807) is 6.07 Å². The predicted octanol–water partition coefficient (Wildman–Crippen LogP) is 1.37. The standard InChI is InChI=1S/C7H5ClN2O2/c8-7-6-5(9-3-10-7)1-4(2-11)12-6/h1,3,11H,2H2. The molecule has 0 aliphatic carbocycles. The molecule has 0 fully saturated rings. The lowest BCUT2D eigenvalue weighted by molar-refractivity contribution is 0.251. The zero-order chi connectivity index (χ0) is 8.55. The van der Waals surface area contributed by atoms with Crippen molar-refractivity contribution in [2.75, 3.05) is 0 Å². The molecule has 2 aromatic heterocycles. The van der Waals surface area contributed by atoms with Crippen molar-refractivity contribution in [3.63, 3.8) is 0 Å². The highest BCUT2D eigenvalue weighted by Crippen LogP contribution is 2.22. The van der Waals surface area contributed by atoms with Crippen LogP contribution in [0.2, 0.25) is 5.15 Å². The molecule has 0 atom stereocenters. The minimum absolute atomic E-state index is 0.160. The second kappa shape index (κ2) is 2.73. The molecule has 0 radical (unpaired) electrons. The van der Waals surface area contributed by atoms with Gasteiger partial charge in [-0.3, -0.25) is 0 Å². The number of hydrogen-bond acceptors (Lipinski definition) is 4. The summed E-state index contributed by atoms with van der Waals surface area (Å²) in [7, 11) is 0. The molecule has 0 aliphatic heterocycles. The Morgan fingerprint density at radius 1 is 1.50 bits per heavy atom. The molecule has 0 amide bonds. The summed E-state index contributed by atoms with van der Waals surface area (Å²) in [6, 6.07) is 1.63. The maximum absolute atomic E-state index is 8.74. The van der Waals surface area contributed by atoms with Gasteiger partial charge in [0, 0.05) is 6.07 Å². The molecule has 2 rings (SSSR count). The molecule has 0 spiro atoms. The molecule has 0 aliphatic rings. The molecule has 2 aromatic rings. The van der Waals surface area contributed by atoms with E-state index in [0.717, 1.165) is 0 Å². The number of aromatic nitrogens is 2. The number of hydrogen-bond donors (Lipinski definition) is 1. The van der Waals surface area contributed by atoms with Crippen LogP contribution in [0.15, 0.2) is 16.8 Å². The van der Waals surface area contributed by atoms with Gasteiger partial charge < -0.3 is 9.52 Å². The number of furan rings is 1. The van der Waals surface area contributed by atoms with E-state index < -0.39 is 0 Å². The lowest BCUT2D eigenvalue weighted by Crippen LogP contribution is -1.77. The van der Waals surface area contributed by atoms with E-state index in [1.165, 1.54) is 6.33 Å². The third-order valence-corrected chi connectivity index (χ3v) is 1.74. The maximum atomic E-state index is 8.74. The van der Waals surface area contributed by atoms with E-state index in [2.05, 4.69) is 9.97 Å². The summed E-state index contributed by atoms with van der Waals surface area (Å²) in [4.78, 5) is 7.64. The highest BCUT2D eigenvalue weighted by Gasteiger charge is 2.07. The Balaban J connectivity index is 2.74. The molecule has 0 saturated carbocycles. The Bertz CT molecular complexity index is 413. The fourth-order valence-corrected chi connectivity index (χ4v) is 1.13. The van der Waals surface area contributed by atoms with Crippen LogP contribution in [0.5, 0.6) is 0 Å². The van der Waals surface area contributed by atoms with E-state index in [1.807, 2.05) is 0 Å². The van der Waals surface area contributed by atoms with Gasteiger partial charge in [-0.25, -0.2) is 9.97 Å². The molecule has 0 unspecified atom stereocenters. The average molecular weight is 185 g/mol. The van der Waals surface area contributed by atoms with Crippen LogP contribution in [0.25, 0.3) is 11.1 Å². The summed E-state index contributed by atoms with van der Waals surface area (Å²) < 4.78 is 5.14. The normalized spacial score (nSPS) is 10.8. The van der Waals surface area contributed by atoms with Gasteiger partial charge in [-0.2, -0.15) is 0 Å². The molecule has 0 aromatic carbocycles. The fourth-order valence-electron chi connectivity index (χ4n) is 0.953. The van der Waals surface area contributed by atoms with Crippen molar-refractivity contribution in [2.24, 2.45) is 0 Å². The van der Waals surface area contributed by atoms with Crippen LogP contribution in [-0.4, -0.2) is 15.1 Å². The van der Waals surface area contributed by atoms with Crippen molar-refractivity contribution in [2.45, 2.75) is 6.61 Å². The van der Waals surface area contributed by atoms with Gasteiger partial charge in [0.25, 0.3) is 0 Å². The minimum Gasteiger partial charge on any atom is -0.454 e. The third kappa shape index (κ3) is 1.05. The van der Waals surface area contributed by atoms with Crippen molar-refractivity contribution in [3.8, 4) is 0 Å². The van der Waals surface area contributed by atoms with Gasteiger partial charge in [-0.05, 0) is 0 Å². The molecular weight excluding hydrogens is 180 g/mol. The van der Waals surface area contributed by atoms with Crippen LogP contribution in [-0.2, 0) is 6.61 Å². The van der Waals surface area contributed by atoms with E-state index in [9.17, 15) is 0 Å². The molecule has 5 heteroatoms. The first-order chi connectivity index (χ1) is 5.81. The quantitative estimate of drug-likeness (QED) is 0.680. The number of aliphatic hydroxyl groups is 1. The van der Waals surface area contributed by atoms with Crippen LogP contribution < -0.4 is 0 Å². The molecule has 62 valence electrons. The second-order valence-corrected chi connectivity index (χ2v) is 2.61. The van der Waals surface area contributed by atoms with Crippen LogP contribution in [0.3, 0.4) is 0 Å². The van der Waals surface area contributed by atoms with Gasteiger partial charge >= 0.3 is 0 Å². The van der Waals surface area contributed by atoms with Crippen LogP contribution in [0, 0.1) is 0 Å². The Hall–Kier alpha value is -1.13. The molecule has 1 N–H and O–H groups in total. The first-order valence-electron chi connectivity index (χ1n) is 3.31. The maximum Gasteiger partial charge on any atom is 0.190 e. The summed E-state index contributed by atoms with van der Waals surface area (Å²) in [5.74, 6) is 0.437. The zero-order valence-corrected chi connectivity index (χ0v) is 6.75. The minimum atomic E-state index is -0.160. The summed E-state index contributed by atoms with van der Waals surface area (Å²) in [5.41, 5.74) is 1.03. The van der Waals surface area contributed by atoms with Gasteiger partial charge in [0.2, 0.25) is 0 Å². The first-order valence-corrected chi connectivity index (χ1v) is 3.69. The molecule has 0 saturated heterocycles. The van der Waals surface area contributed by atoms with Gasteiger partial charge in [-0.15, -0.1) is 0 Å². The summed E-state index contributed by atoms with van der Waals surface area (Å²) in [5, 5.41) is 9.01. The summed E-state index contributed by atoms with van der Waals surface area (Å²) >= 11 is 5.70. The van der Waals surface area contributed by atoms with Gasteiger partial charge in [0.1, 0.15) is 24.2 Å². The van der Waals surface area contributed by atoms with Crippen LogP contribution >= 0.6 is 11.6 Å². The topological polar surface area (TPSA) is 59.2 Å². The van der Waals surface area contributed by atoms with E-state index in [4.69, 9.17) is 21.1 Å². The van der Waals surface area contributed by atoms with Gasteiger partial charge in [-0.1, -0.05) is 11.6 Å².